The molecule has 7 nitrogen and oxygen atoms in total. The fourth-order valence-electron chi connectivity index (χ4n) is 5.35. The van der Waals surface area contributed by atoms with E-state index in [9.17, 15) is 9.59 Å². The maximum Gasteiger partial charge on any atom is 0.322 e. The minimum atomic E-state index is -0.289. The van der Waals surface area contributed by atoms with Crippen LogP contribution in [-0.4, -0.2) is 39.7 Å². The van der Waals surface area contributed by atoms with E-state index in [1.165, 1.54) is 0 Å². The molecule has 0 fully saturated rings. The van der Waals surface area contributed by atoms with Crippen LogP contribution in [0.25, 0.3) is 16.8 Å². The van der Waals surface area contributed by atoms with Gasteiger partial charge in [0.05, 0.1) is 11.4 Å². The summed E-state index contributed by atoms with van der Waals surface area (Å²) in [6.45, 7) is 16.9. The zero-order valence-electron chi connectivity index (χ0n) is 26.7. The van der Waals surface area contributed by atoms with Crippen molar-refractivity contribution >= 4 is 23.4 Å². The van der Waals surface area contributed by atoms with Crippen molar-refractivity contribution in [1.82, 2.24) is 14.7 Å². The summed E-state index contributed by atoms with van der Waals surface area (Å²) in [6.07, 6.45) is 0. The van der Waals surface area contributed by atoms with E-state index in [0.29, 0.717) is 12.4 Å². The summed E-state index contributed by atoms with van der Waals surface area (Å²) >= 11 is 0. The van der Waals surface area contributed by atoms with Gasteiger partial charge in [0.25, 0.3) is 0 Å². The van der Waals surface area contributed by atoms with Crippen LogP contribution in [0.3, 0.4) is 0 Å². The first-order valence-electron chi connectivity index (χ1n) is 15.2. The van der Waals surface area contributed by atoms with Gasteiger partial charge in [0.2, 0.25) is 5.91 Å². The van der Waals surface area contributed by atoms with Crippen LogP contribution in [0.15, 0.2) is 72.8 Å². The van der Waals surface area contributed by atoms with Crippen molar-refractivity contribution in [2.75, 3.05) is 23.7 Å². The minimum absolute atomic E-state index is 0.1000. The van der Waals surface area contributed by atoms with Crippen molar-refractivity contribution in [2.45, 2.75) is 67.2 Å². The van der Waals surface area contributed by atoms with E-state index in [2.05, 4.69) is 50.5 Å². The molecule has 0 spiro atoms. The monoisotopic (exact) mass is 579 g/mol. The first kappa shape index (κ1) is 31.5. The normalized spacial score (nSPS) is 11.3. The molecule has 4 aromatic rings. The van der Waals surface area contributed by atoms with Gasteiger partial charge in [-0.15, -0.1) is 0 Å². The van der Waals surface area contributed by atoms with Crippen LogP contribution in [-0.2, 0) is 4.79 Å². The molecule has 0 saturated heterocycles. The number of carbonyl (C=O) groups is 2. The molecule has 2 N–H and O–H groups in total. The predicted molar refractivity (Wildman–Crippen MR) is 177 cm³/mol. The van der Waals surface area contributed by atoms with Gasteiger partial charge in [-0.25, -0.2) is 9.48 Å². The lowest BCUT2D eigenvalue weighted by molar-refractivity contribution is -0.116. The second-order valence-electron chi connectivity index (χ2n) is 12.3. The van der Waals surface area contributed by atoms with Gasteiger partial charge in [0, 0.05) is 17.8 Å². The van der Waals surface area contributed by atoms with Crippen LogP contribution < -0.4 is 10.6 Å². The minimum Gasteiger partial charge on any atom is -0.315 e. The lowest BCUT2D eigenvalue weighted by Gasteiger charge is -2.27. The largest absolute Gasteiger partial charge is 0.322 e. The molecule has 43 heavy (non-hydrogen) atoms. The van der Waals surface area contributed by atoms with Gasteiger partial charge in [-0.3, -0.25) is 4.79 Å². The molecule has 4 rings (SSSR count). The molecule has 0 atom stereocenters. The van der Waals surface area contributed by atoms with Gasteiger partial charge >= 0.3 is 6.03 Å². The zero-order valence-corrected chi connectivity index (χ0v) is 26.7. The maximum atomic E-state index is 13.8. The molecule has 7 heteroatoms. The highest BCUT2D eigenvalue weighted by atomic mass is 16.2. The summed E-state index contributed by atoms with van der Waals surface area (Å²) in [5.74, 6) is 0.927. The number of urea groups is 1. The molecule has 0 saturated carbocycles. The van der Waals surface area contributed by atoms with E-state index in [1.54, 1.807) is 9.58 Å². The fourth-order valence-corrected chi connectivity index (χ4v) is 5.35. The van der Waals surface area contributed by atoms with Crippen molar-refractivity contribution in [3.05, 3.63) is 95.2 Å². The third-order valence-corrected chi connectivity index (χ3v) is 7.47. The highest BCUT2D eigenvalue weighted by molar-refractivity contribution is 5.99. The molecule has 0 radical (unpaired) electrons. The molecule has 226 valence electrons. The average Bonchev–Trinajstić information content (AvgIpc) is 3.28. The average molecular weight is 580 g/mol. The summed E-state index contributed by atoms with van der Waals surface area (Å²) in [7, 11) is 0. The SMILES string of the molecule is Cc1ccc(-n2nc(C)c(-c3ccccc3)c2NC(=O)CN(CC(C)C)C(=O)Nc2c(C(C)C)cccc2C(C)C)cc1. The molecule has 0 aliphatic rings. The first-order valence-corrected chi connectivity index (χ1v) is 15.2. The Bertz CT molecular complexity index is 1530. The van der Waals surface area contributed by atoms with Crippen molar-refractivity contribution in [3.63, 3.8) is 0 Å². The second-order valence-corrected chi connectivity index (χ2v) is 12.3. The zero-order chi connectivity index (χ0) is 31.3. The fraction of sp³-hybridized carbons (Fsp3) is 0.361. The van der Waals surface area contributed by atoms with Crippen molar-refractivity contribution in [1.29, 1.82) is 0 Å². The predicted octanol–water partition coefficient (Wildman–Crippen LogP) is 8.53. The summed E-state index contributed by atoms with van der Waals surface area (Å²) in [4.78, 5) is 29.2. The van der Waals surface area contributed by atoms with Crippen LogP contribution in [0.1, 0.15) is 75.8 Å². The Morgan fingerprint density at radius 1 is 0.791 bits per heavy atom. The number of nitrogens with zero attached hydrogens (tertiary/aromatic N) is 3. The molecule has 0 aliphatic carbocycles. The van der Waals surface area contributed by atoms with Gasteiger partial charge in [0.15, 0.2) is 0 Å². The maximum absolute atomic E-state index is 13.8. The number of benzene rings is 3. The van der Waals surface area contributed by atoms with Gasteiger partial charge in [-0.2, -0.15) is 5.10 Å². The number of amides is 3. The Hall–Kier alpha value is -4.39. The highest BCUT2D eigenvalue weighted by Crippen LogP contribution is 2.34. The third kappa shape index (κ3) is 7.53. The summed E-state index contributed by atoms with van der Waals surface area (Å²) in [5.41, 5.74) is 7.58. The third-order valence-electron chi connectivity index (χ3n) is 7.47. The molecular formula is C36H45N5O2. The Morgan fingerprint density at radius 2 is 1.40 bits per heavy atom. The number of para-hydroxylation sites is 1. The quantitative estimate of drug-likeness (QED) is 0.198. The Kier molecular flexibility index (Phi) is 10.1. The topological polar surface area (TPSA) is 79.3 Å². The van der Waals surface area contributed by atoms with E-state index >= 15 is 0 Å². The Morgan fingerprint density at radius 3 is 1.95 bits per heavy atom. The van der Waals surface area contributed by atoms with Crippen molar-refractivity contribution in [3.8, 4) is 16.8 Å². The van der Waals surface area contributed by atoms with Crippen molar-refractivity contribution in [2.24, 2.45) is 5.92 Å². The number of aromatic nitrogens is 2. The van der Waals surface area contributed by atoms with Crippen molar-refractivity contribution < 1.29 is 9.59 Å². The van der Waals surface area contributed by atoms with Gasteiger partial charge in [-0.05, 0) is 60.4 Å². The molecule has 3 amide bonds. The smallest absolute Gasteiger partial charge is 0.315 e. The summed E-state index contributed by atoms with van der Waals surface area (Å²) in [5, 5.41) is 11.1. The van der Waals surface area contributed by atoms with E-state index in [-0.39, 0.29) is 36.2 Å². The molecule has 1 heterocycles. The van der Waals surface area contributed by atoms with Crippen LogP contribution in [0, 0.1) is 19.8 Å². The Labute approximate surface area is 256 Å². The molecule has 0 bridgehead atoms. The van der Waals surface area contributed by atoms with Crippen LogP contribution in [0.5, 0.6) is 0 Å². The van der Waals surface area contributed by atoms with Crippen LogP contribution in [0.2, 0.25) is 0 Å². The molecule has 3 aromatic carbocycles. The summed E-state index contributed by atoms with van der Waals surface area (Å²) in [6, 6.07) is 23.8. The lowest BCUT2D eigenvalue weighted by atomic mass is 9.93. The molecule has 1 aromatic heterocycles. The molecule has 0 unspecified atom stereocenters. The number of rotatable bonds is 10. The van der Waals surface area contributed by atoms with Gasteiger partial charge in [-0.1, -0.05) is 108 Å². The Balaban J connectivity index is 1.67. The second kappa shape index (κ2) is 13.7. The van der Waals surface area contributed by atoms with E-state index < -0.39 is 0 Å². The van der Waals surface area contributed by atoms with Gasteiger partial charge in [0.1, 0.15) is 12.4 Å². The van der Waals surface area contributed by atoms with Crippen LogP contribution in [0.4, 0.5) is 16.3 Å². The standard InChI is InChI=1S/C36H45N5O2/c1-23(2)21-40(36(43)38-34-30(24(3)4)15-12-16-31(34)25(5)6)22-32(42)37-35-33(28-13-10-9-11-14-28)27(8)39-41(35)29-19-17-26(7)18-20-29/h9-20,23-25H,21-22H2,1-8H3,(H,37,42)(H,38,43). The van der Waals surface area contributed by atoms with E-state index in [4.69, 9.17) is 5.10 Å². The van der Waals surface area contributed by atoms with Crippen LogP contribution >= 0.6 is 0 Å². The molecular weight excluding hydrogens is 534 g/mol. The van der Waals surface area contributed by atoms with Gasteiger partial charge < -0.3 is 15.5 Å². The number of aryl methyl sites for hydroxylation is 2. The highest BCUT2D eigenvalue weighted by Gasteiger charge is 2.25. The van der Waals surface area contributed by atoms with E-state index in [0.717, 1.165) is 44.9 Å². The molecule has 0 aliphatic heterocycles. The number of hydrogen-bond acceptors (Lipinski definition) is 3. The number of anilines is 2. The number of nitrogens with one attached hydrogen (secondary N) is 2. The first-order chi connectivity index (χ1) is 20.5. The lowest BCUT2D eigenvalue weighted by Crippen LogP contribution is -2.43. The summed E-state index contributed by atoms with van der Waals surface area (Å²) < 4.78 is 1.77. The number of hydrogen-bond donors (Lipinski definition) is 2. The van der Waals surface area contributed by atoms with E-state index in [1.807, 2.05) is 88.4 Å². The number of carbonyl (C=O) groups excluding carboxylic acids is 2.